The van der Waals surface area contributed by atoms with Crippen molar-refractivity contribution in [1.29, 1.82) is 0 Å². The molecule has 0 aliphatic carbocycles. The third-order valence-corrected chi connectivity index (χ3v) is 3.80. The SMILES string of the molecule is Cc1ccccc1OCC(=O)NCc1cccnc1-c1cnn(C)c1. The first-order valence-corrected chi connectivity index (χ1v) is 8.01. The molecule has 0 atom stereocenters. The molecule has 0 radical (unpaired) electrons. The lowest BCUT2D eigenvalue weighted by Crippen LogP contribution is -2.28. The minimum Gasteiger partial charge on any atom is -0.484 e. The molecule has 0 aliphatic rings. The maximum Gasteiger partial charge on any atom is 0.258 e. The number of nitrogens with one attached hydrogen (secondary N) is 1. The van der Waals surface area contributed by atoms with Gasteiger partial charge in [0.2, 0.25) is 0 Å². The van der Waals surface area contributed by atoms with Crippen LogP contribution < -0.4 is 10.1 Å². The number of para-hydroxylation sites is 1. The Hall–Kier alpha value is -3.15. The molecule has 1 aromatic carbocycles. The van der Waals surface area contributed by atoms with Crippen LogP contribution in [0.25, 0.3) is 11.3 Å². The number of nitrogens with zero attached hydrogens (tertiary/aromatic N) is 3. The summed E-state index contributed by atoms with van der Waals surface area (Å²) in [6, 6.07) is 11.4. The van der Waals surface area contributed by atoms with Gasteiger partial charge < -0.3 is 10.1 Å². The van der Waals surface area contributed by atoms with Gasteiger partial charge in [0.1, 0.15) is 5.75 Å². The van der Waals surface area contributed by atoms with E-state index in [-0.39, 0.29) is 12.5 Å². The lowest BCUT2D eigenvalue weighted by Gasteiger charge is -2.11. The van der Waals surface area contributed by atoms with Crippen molar-refractivity contribution in [1.82, 2.24) is 20.1 Å². The Morgan fingerprint density at radius 1 is 1.24 bits per heavy atom. The Morgan fingerprint density at radius 3 is 2.84 bits per heavy atom. The first-order chi connectivity index (χ1) is 12.1. The highest BCUT2D eigenvalue weighted by atomic mass is 16.5. The van der Waals surface area contributed by atoms with Gasteiger partial charge in [0.15, 0.2) is 6.61 Å². The van der Waals surface area contributed by atoms with Crippen molar-refractivity contribution >= 4 is 5.91 Å². The molecule has 1 N–H and O–H groups in total. The Kier molecular flexibility index (Phi) is 5.09. The zero-order valence-corrected chi connectivity index (χ0v) is 14.3. The van der Waals surface area contributed by atoms with Crippen molar-refractivity contribution in [3.8, 4) is 17.0 Å². The summed E-state index contributed by atoms with van der Waals surface area (Å²) in [6.45, 7) is 2.31. The van der Waals surface area contributed by atoms with Crippen LogP contribution in [-0.2, 0) is 18.4 Å². The van der Waals surface area contributed by atoms with Crippen LogP contribution in [0.1, 0.15) is 11.1 Å². The van der Waals surface area contributed by atoms with E-state index in [0.717, 1.165) is 28.1 Å². The molecule has 0 unspecified atom stereocenters. The predicted octanol–water partition coefficient (Wildman–Crippen LogP) is 2.49. The fourth-order valence-electron chi connectivity index (χ4n) is 2.49. The third-order valence-electron chi connectivity index (χ3n) is 3.80. The Balaban J connectivity index is 1.60. The van der Waals surface area contributed by atoms with Crippen LogP contribution in [-0.4, -0.2) is 27.3 Å². The van der Waals surface area contributed by atoms with Gasteiger partial charge in [-0.3, -0.25) is 14.5 Å². The van der Waals surface area contributed by atoms with Crippen molar-refractivity contribution in [3.63, 3.8) is 0 Å². The smallest absolute Gasteiger partial charge is 0.258 e. The summed E-state index contributed by atoms with van der Waals surface area (Å²) in [5.41, 5.74) is 3.67. The number of carbonyl (C=O) groups is 1. The number of carbonyl (C=O) groups excluding carboxylic acids is 1. The van der Waals surface area contributed by atoms with E-state index in [4.69, 9.17) is 4.74 Å². The molecule has 2 heterocycles. The topological polar surface area (TPSA) is 69.0 Å². The van der Waals surface area contributed by atoms with Crippen molar-refractivity contribution in [3.05, 3.63) is 66.1 Å². The number of benzene rings is 1. The average molecular weight is 336 g/mol. The molecule has 6 heteroatoms. The van der Waals surface area contributed by atoms with Crippen LogP contribution in [0, 0.1) is 6.92 Å². The number of amides is 1. The van der Waals surface area contributed by atoms with Gasteiger partial charge in [0, 0.05) is 31.5 Å². The standard InChI is InChI=1S/C19H20N4O2/c1-14-6-3-4-8-17(14)25-13-18(24)21-10-15-7-5-9-20-19(15)16-11-22-23(2)12-16/h3-9,11-12H,10,13H2,1-2H3,(H,21,24). The van der Waals surface area contributed by atoms with E-state index in [1.807, 2.05) is 56.6 Å². The molecular formula is C19H20N4O2. The molecule has 0 bridgehead atoms. The summed E-state index contributed by atoms with van der Waals surface area (Å²) >= 11 is 0. The second-order valence-corrected chi connectivity index (χ2v) is 5.74. The summed E-state index contributed by atoms with van der Waals surface area (Å²) in [7, 11) is 1.86. The highest BCUT2D eigenvalue weighted by molar-refractivity contribution is 5.77. The molecule has 0 spiro atoms. The number of pyridine rings is 1. The summed E-state index contributed by atoms with van der Waals surface area (Å²) in [6.07, 6.45) is 5.39. The van der Waals surface area contributed by atoms with Gasteiger partial charge in [0.25, 0.3) is 5.91 Å². The highest BCUT2D eigenvalue weighted by Crippen LogP contribution is 2.20. The number of aromatic nitrogens is 3. The maximum absolute atomic E-state index is 12.1. The van der Waals surface area contributed by atoms with E-state index in [9.17, 15) is 4.79 Å². The van der Waals surface area contributed by atoms with Crippen molar-refractivity contribution in [2.45, 2.75) is 13.5 Å². The second kappa shape index (κ2) is 7.61. The largest absolute Gasteiger partial charge is 0.484 e. The Labute approximate surface area is 146 Å². The van der Waals surface area contributed by atoms with Crippen LogP contribution in [0.4, 0.5) is 0 Å². The predicted molar refractivity (Wildman–Crippen MR) is 95.0 cm³/mol. The lowest BCUT2D eigenvalue weighted by molar-refractivity contribution is -0.123. The molecule has 2 aromatic heterocycles. The van der Waals surface area contributed by atoms with Gasteiger partial charge in [-0.05, 0) is 30.2 Å². The quantitative estimate of drug-likeness (QED) is 0.751. The van der Waals surface area contributed by atoms with Gasteiger partial charge in [-0.1, -0.05) is 24.3 Å². The van der Waals surface area contributed by atoms with Crippen LogP contribution in [0.2, 0.25) is 0 Å². The van der Waals surface area contributed by atoms with Crippen molar-refractivity contribution in [2.75, 3.05) is 6.61 Å². The van der Waals surface area contributed by atoms with E-state index in [1.54, 1.807) is 17.1 Å². The van der Waals surface area contributed by atoms with Gasteiger partial charge in [0.05, 0.1) is 11.9 Å². The Morgan fingerprint density at radius 2 is 2.08 bits per heavy atom. The van der Waals surface area contributed by atoms with Gasteiger partial charge in [-0.2, -0.15) is 5.10 Å². The van der Waals surface area contributed by atoms with Gasteiger partial charge >= 0.3 is 0 Å². The molecule has 25 heavy (non-hydrogen) atoms. The first-order valence-electron chi connectivity index (χ1n) is 8.01. The van der Waals surface area contributed by atoms with E-state index in [2.05, 4.69) is 15.4 Å². The fraction of sp³-hybridized carbons (Fsp3) is 0.211. The van der Waals surface area contributed by atoms with E-state index in [1.165, 1.54) is 0 Å². The average Bonchev–Trinajstić information content (AvgIpc) is 3.06. The molecule has 3 aromatic rings. The van der Waals surface area contributed by atoms with Crippen LogP contribution in [0.5, 0.6) is 5.75 Å². The number of ether oxygens (including phenoxy) is 1. The van der Waals surface area contributed by atoms with Gasteiger partial charge in [-0.25, -0.2) is 0 Å². The second-order valence-electron chi connectivity index (χ2n) is 5.74. The summed E-state index contributed by atoms with van der Waals surface area (Å²) < 4.78 is 7.29. The number of rotatable bonds is 6. The maximum atomic E-state index is 12.1. The molecule has 0 aliphatic heterocycles. The zero-order valence-electron chi connectivity index (χ0n) is 14.3. The molecule has 6 nitrogen and oxygen atoms in total. The molecule has 0 fully saturated rings. The number of hydrogen-bond acceptors (Lipinski definition) is 4. The number of aryl methyl sites for hydroxylation is 2. The monoisotopic (exact) mass is 336 g/mol. The summed E-state index contributed by atoms with van der Waals surface area (Å²) in [5.74, 6) is 0.541. The number of hydrogen-bond donors (Lipinski definition) is 1. The summed E-state index contributed by atoms with van der Waals surface area (Å²) in [4.78, 5) is 16.5. The zero-order chi connectivity index (χ0) is 17.6. The van der Waals surface area contributed by atoms with Crippen LogP contribution in [0.3, 0.4) is 0 Å². The minimum atomic E-state index is -0.177. The van der Waals surface area contributed by atoms with Gasteiger partial charge in [-0.15, -0.1) is 0 Å². The van der Waals surface area contributed by atoms with E-state index in [0.29, 0.717) is 6.54 Å². The molecular weight excluding hydrogens is 316 g/mol. The highest BCUT2D eigenvalue weighted by Gasteiger charge is 2.10. The van der Waals surface area contributed by atoms with Crippen LogP contribution >= 0.6 is 0 Å². The Bertz CT molecular complexity index is 873. The minimum absolute atomic E-state index is 0.0205. The molecule has 0 saturated heterocycles. The van der Waals surface area contributed by atoms with Crippen molar-refractivity contribution < 1.29 is 9.53 Å². The third kappa shape index (κ3) is 4.23. The molecule has 3 rings (SSSR count). The first kappa shape index (κ1) is 16.7. The molecule has 1 amide bonds. The van der Waals surface area contributed by atoms with Crippen LogP contribution in [0.15, 0.2) is 55.0 Å². The lowest BCUT2D eigenvalue weighted by atomic mass is 10.1. The normalized spacial score (nSPS) is 10.5. The van der Waals surface area contributed by atoms with E-state index < -0.39 is 0 Å². The molecule has 0 saturated carbocycles. The molecule has 128 valence electrons. The van der Waals surface area contributed by atoms with E-state index >= 15 is 0 Å². The van der Waals surface area contributed by atoms with Crippen molar-refractivity contribution in [2.24, 2.45) is 7.05 Å². The summed E-state index contributed by atoms with van der Waals surface area (Å²) in [5, 5.41) is 7.04. The fourth-order valence-corrected chi connectivity index (χ4v) is 2.49.